The van der Waals surface area contributed by atoms with Crippen molar-refractivity contribution in [2.24, 2.45) is 16.3 Å². The molecule has 14 nitrogen and oxygen atoms in total. The Balaban J connectivity index is 1.22. The van der Waals surface area contributed by atoms with Crippen LogP contribution in [0.4, 0.5) is 5.69 Å². The van der Waals surface area contributed by atoms with E-state index >= 15 is 0 Å². The molecule has 1 amide bonds. The summed E-state index contributed by atoms with van der Waals surface area (Å²) in [6.45, 7) is 3.29. The highest BCUT2D eigenvalue weighted by atomic mass is 17.2. The van der Waals surface area contributed by atoms with Crippen molar-refractivity contribution in [1.82, 2.24) is 5.32 Å². The predicted octanol–water partition coefficient (Wildman–Crippen LogP) is 1.31. The highest BCUT2D eigenvalue weighted by Gasteiger charge is 2.53. The number of benzene rings is 1. The smallest absolute Gasteiger partial charge is 0.226 e. The Labute approximate surface area is 288 Å². The molecular weight excluding hydrogens is 650 g/mol. The summed E-state index contributed by atoms with van der Waals surface area (Å²) in [7, 11) is 0. The van der Waals surface area contributed by atoms with E-state index < -0.39 is 54.7 Å². The molecule has 1 spiro atoms. The molecule has 1 aliphatic carbocycles. The van der Waals surface area contributed by atoms with E-state index in [1.807, 2.05) is 24.1 Å². The molecular formula is C36H45N3O11. The second kappa shape index (κ2) is 13.5. The van der Waals surface area contributed by atoms with Crippen LogP contribution in [0.25, 0.3) is 11.0 Å². The average Bonchev–Trinajstić information content (AvgIpc) is 3.89. The van der Waals surface area contributed by atoms with Crippen molar-refractivity contribution in [2.45, 2.75) is 94.9 Å². The number of anilines is 1. The number of amides is 1. The van der Waals surface area contributed by atoms with E-state index in [0.717, 1.165) is 37.0 Å². The van der Waals surface area contributed by atoms with Gasteiger partial charge in [-0.2, -0.15) is 0 Å². The fourth-order valence-electron chi connectivity index (χ4n) is 8.27. The lowest BCUT2D eigenvalue weighted by atomic mass is 9.72. The SMILES string of the molecule is Cc1cc(=O)c2cc3c(c(N4C=C5C=CN=C5C4)c2o1)O[C@](C)(CC[C@@H]1CNC(=O)C12CCCC2)[C@H](OOC[C@H](O)[C@@H](O)[C@H](O)[C@H](O)CO)C3. The van der Waals surface area contributed by atoms with Crippen LogP contribution in [0.1, 0.15) is 56.8 Å². The monoisotopic (exact) mass is 695 g/mol. The number of rotatable bonds is 12. The molecule has 6 N–H and O–H groups in total. The van der Waals surface area contributed by atoms with Crippen LogP contribution in [0.5, 0.6) is 5.75 Å². The number of nitrogens with zero attached hydrogens (tertiary/aromatic N) is 2. The molecule has 1 saturated carbocycles. The normalized spacial score (nSPS) is 27.5. The molecule has 0 unspecified atom stereocenters. The van der Waals surface area contributed by atoms with Crippen molar-refractivity contribution in [3.63, 3.8) is 0 Å². The molecule has 7 atom stereocenters. The fraction of sp³-hybridized carbons (Fsp3) is 0.583. The minimum atomic E-state index is -1.82. The van der Waals surface area contributed by atoms with Gasteiger partial charge >= 0.3 is 0 Å². The molecule has 0 bridgehead atoms. The Bertz CT molecular complexity index is 1800. The van der Waals surface area contributed by atoms with Gasteiger partial charge < -0.3 is 44.9 Å². The van der Waals surface area contributed by atoms with Gasteiger partial charge in [0.25, 0.3) is 0 Å². The molecule has 0 radical (unpaired) electrons. The number of carbonyl (C=O) groups is 1. The zero-order chi connectivity index (χ0) is 35.4. The van der Waals surface area contributed by atoms with Gasteiger partial charge in [0, 0.05) is 42.6 Å². The molecule has 7 rings (SSSR count). The minimum absolute atomic E-state index is 0.0986. The molecule has 1 saturated heterocycles. The van der Waals surface area contributed by atoms with Crippen LogP contribution in [-0.2, 0) is 21.0 Å². The van der Waals surface area contributed by atoms with E-state index in [4.69, 9.17) is 24.0 Å². The highest BCUT2D eigenvalue weighted by Crippen LogP contribution is 2.52. The predicted molar refractivity (Wildman–Crippen MR) is 181 cm³/mol. The Morgan fingerprint density at radius 3 is 2.62 bits per heavy atom. The molecule has 1 aromatic carbocycles. The summed E-state index contributed by atoms with van der Waals surface area (Å²) in [5.41, 5.74) is 1.86. The third-order valence-corrected chi connectivity index (χ3v) is 11.3. The minimum Gasteiger partial charge on any atom is -0.482 e. The zero-order valence-electron chi connectivity index (χ0n) is 28.2. The Kier molecular flexibility index (Phi) is 9.39. The number of hydrogen-bond donors (Lipinski definition) is 6. The second-order valence-electron chi connectivity index (χ2n) is 14.5. The lowest BCUT2D eigenvalue weighted by molar-refractivity contribution is -0.360. The van der Waals surface area contributed by atoms with Crippen LogP contribution in [0.3, 0.4) is 0 Å². The van der Waals surface area contributed by atoms with Crippen LogP contribution in [0.2, 0.25) is 0 Å². The standard InChI is InChI=1S/C36H45N3O11/c1-19-11-25(41)23-12-21-13-28(50-47-18-27(43)31(45)30(44)26(42)17-40)35(2,9-5-22-14-38-34(46)36(22)7-3-4-8-36)49-32(21)29(33(23)48-19)39-15-20-6-10-37-24(20)16-39/h6,10-12,15,22,26-28,30-31,40,42-45H,3-5,7-9,13-14,16-18H2,1-2H3,(H,38,46)/t22-,26-,27+,28-,30-,31-,35-/m1/s1. The Morgan fingerprint density at radius 1 is 1.12 bits per heavy atom. The summed E-state index contributed by atoms with van der Waals surface area (Å²) in [4.78, 5) is 44.3. The van der Waals surface area contributed by atoms with Gasteiger partial charge in [-0.1, -0.05) is 12.8 Å². The molecule has 2 fully saturated rings. The molecule has 4 aliphatic heterocycles. The number of ether oxygens (including phenoxy) is 1. The lowest BCUT2D eigenvalue weighted by Crippen LogP contribution is -2.52. The van der Waals surface area contributed by atoms with E-state index in [0.29, 0.717) is 59.7 Å². The summed E-state index contributed by atoms with van der Waals surface area (Å²) in [5, 5.41) is 53.1. The van der Waals surface area contributed by atoms with Gasteiger partial charge in [-0.05, 0) is 57.6 Å². The highest BCUT2D eigenvalue weighted by molar-refractivity contribution is 6.12. The van der Waals surface area contributed by atoms with Crippen molar-refractivity contribution < 1.29 is 49.3 Å². The quantitative estimate of drug-likeness (QED) is 0.137. The van der Waals surface area contributed by atoms with E-state index in [-0.39, 0.29) is 23.7 Å². The summed E-state index contributed by atoms with van der Waals surface area (Å²) in [5.74, 6) is 1.20. The second-order valence-corrected chi connectivity index (χ2v) is 14.5. The van der Waals surface area contributed by atoms with Crippen LogP contribution in [0.15, 0.2) is 50.4 Å². The van der Waals surface area contributed by atoms with Gasteiger partial charge in [0.1, 0.15) is 54.2 Å². The van der Waals surface area contributed by atoms with Gasteiger partial charge in [-0.25, -0.2) is 9.78 Å². The number of aliphatic hydroxyl groups excluding tert-OH is 5. The molecule has 50 heavy (non-hydrogen) atoms. The van der Waals surface area contributed by atoms with E-state index in [1.165, 1.54) is 6.07 Å². The van der Waals surface area contributed by atoms with Crippen molar-refractivity contribution in [3.05, 3.63) is 57.7 Å². The lowest BCUT2D eigenvalue weighted by Gasteiger charge is -2.43. The van der Waals surface area contributed by atoms with Crippen molar-refractivity contribution >= 4 is 28.3 Å². The topological polar surface area (TPSA) is 204 Å². The maximum Gasteiger partial charge on any atom is 0.226 e. The van der Waals surface area contributed by atoms with Crippen molar-refractivity contribution in [3.8, 4) is 5.75 Å². The summed E-state index contributed by atoms with van der Waals surface area (Å²) >= 11 is 0. The number of fused-ring (bicyclic) bond motifs is 3. The first-order valence-electron chi connectivity index (χ1n) is 17.3. The molecule has 5 aliphatic rings. The third kappa shape index (κ3) is 6.06. The van der Waals surface area contributed by atoms with E-state index in [9.17, 15) is 30.0 Å². The van der Waals surface area contributed by atoms with Gasteiger partial charge in [-0.3, -0.25) is 14.6 Å². The number of hydrogen-bond acceptors (Lipinski definition) is 13. The first-order valence-corrected chi connectivity index (χ1v) is 17.3. The number of allylic oxidation sites excluding steroid dienone is 1. The maximum atomic E-state index is 13.3. The van der Waals surface area contributed by atoms with E-state index in [2.05, 4.69) is 10.3 Å². The molecule has 14 heteroatoms. The number of aliphatic imine (C=N–C) groups is 1. The summed E-state index contributed by atoms with van der Waals surface area (Å²) in [6.07, 6.45) is 2.98. The Hall–Kier alpha value is -3.63. The zero-order valence-corrected chi connectivity index (χ0v) is 28.2. The molecule has 1 aromatic heterocycles. The number of nitrogens with one attached hydrogen (secondary N) is 1. The first kappa shape index (κ1) is 34.8. The van der Waals surface area contributed by atoms with Crippen molar-refractivity contribution in [1.29, 1.82) is 0 Å². The number of carbonyl (C=O) groups excluding carboxylic acids is 1. The molecule has 2 aromatic rings. The van der Waals surface area contributed by atoms with Gasteiger partial charge in [-0.15, -0.1) is 0 Å². The van der Waals surface area contributed by atoms with Crippen LogP contribution < -0.4 is 20.4 Å². The third-order valence-electron chi connectivity index (χ3n) is 11.3. The summed E-state index contributed by atoms with van der Waals surface area (Å²) < 4.78 is 13.2. The van der Waals surface area contributed by atoms with E-state index in [1.54, 1.807) is 19.2 Å². The fourth-order valence-corrected chi connectivity index (χ4v) is 8.27. The van der Waals surface area contributed by atoms with Crippen molar-refractivity contribution in [2.75, 3.05) is 31.2 Å². The van der Waals surface area contributed by atoms with Gasteiger partial charge in [0.05, 0.1) is 29.7 Å². The molecule has 270 valence electrons. The van der Waals surface area contributed by atoms with Crippen LogP contribution in [-0.4, -0.2) is 99.6 Å². The summed E-state index contributed by atoms with van der Waals surface area (Å²) in [6, 6.07) is 3.19. The van der Waals surface area contributed by atoms with Crippen LogP contribution in [0, 0.1) is 18.3 Å². The Morgan fingerprint density at radius 2 is 1.88 bits per heavy atom. The maximum absolute atomic E-state index is 13.3. The number of aryl methyl sites for hydroxylation is 1. The average molecular weight is 696 g/mol. The largest absolute Gasteiger partial charge is 0.482 e. The number of aliphatic hydroxyl groups is 5. The van der Waals surface area contributed by atoms with Gasteiger partial charge in [0.2, 0.25) is 5.91 Å². The van der Waals surface area contributed by atoms with Gasteiger partial charge in [0.15, 0.2) is 16.8 Å². The molecule has 5 heterocycles. The van der Waals surface area contributed by atoms with Crippen LogP contribution >= 0.6 is 0 Å². The first-order chi connectivity index (χ1) is 23.9.